The predicted octanol–water partition coefficient (Wildman–Crippen LogP) is 5.95. The maximum absolute atomic E-state index is 14.9. The second-order valence-corrected chi connectivity index (χ2v) is 11.4. The molecule has 1 aliphatic carbocycles. The molecular formula is C37H29NO7. The van der Waals surface area contributed by atoms with Gasteiger partial charge in [0.1, 0.15) is 28.7 Å². The molecule has 0 bridgehead atoms. The fourth-order valence-electron chi connectivity index (χ4n) is 7.36. The number of hydrogen-bond acceptors (Lipinski definition) is 8. The molecule has 3 atom stereocenters. The number of para-hydroxylation sites is 1. The Morgan fingerprint density at radius 3 is 2.07 bits per heavy atom. The normalized spacial score (nSPS) is 20.4. The van der Waals surface area contributed by atoms with Crippen molar-refractivity contribution in [2.45, 2.75) is 24.9 Å². The van der Waals surface area contributed by atoms with Gasteiger partial charge in [0.15, 0.2) is 17.3 Å². The zero-order chi connectivity index (χ0) is 31.5. The fourth-order valence-corrected chi connectivity index (χ4v) is 7.36. The molecule has 0 unspecified atom stereocenters. The maximum Gasteiger partial charge on any atom is 0.308 e. The second kappa shape index (κ2) is 10.6. The summed E-state index contributed by atoms with van der Waals surface area (Å²) in [5, 5.41) is 0. The summed E-state index contributed by atoms with van der Waals surface area (Å²) in [7, 11) is 3.06. The lowest BCUT2D eigenvalue weighted by molar-refractivity contribution is -0.131. The Labute approximate surface area is 259 Å². The van der Waals surface area contributed by atoms with Gasteiger partial charge in [0.05, 0.1) is 20.3 Å². The largest absolute Gasteiger partial charge is 0.497 e. The van der Waals surface area contributed by atoms with E-state index in [-0.39, 0.29) is 17.3 Å². The molecule has 7 rings (SSSR count). The number of ether oxygens (including phenoxy) is 3. The minimum absolute atomic E-state index is 0.296. The number of esters is 1. The summed E-state index contributed by atoms with van der Waals surface area (Å²) < 4.78 is 16.5. The Morgan fingerprint density at radius 1 is 0.778 bits per heavy atom. The molecule has 8 nitrogen and oxygen atoms in total. The van der Waals surface area contributed by atoms with Crippen LogP contribution in [0, 0.1) is 5.41 Å². The number of methoxy groups -OCH3 is 2. The average molecular weight is 600 g/mol. The lowest BCUT2D eigenvalue weighted by Crippen LogP contribution is -2.48. The number of carbonyl (C=O) groups is 4. The third-order valence-electron chi connectivity index (χ3n) is 9.16. The van der Waals surface area contributed by atoms with E-state index in [0.717, 1.165) is 11.3 Å². The van der Waals surface area contributed by atoms with Crippen LogP contribution in [0.5, 0.6) is 17.2 Å². The van der Waals surface area contributed by atoms with Crippen LogP contribution in [0.2, 0.25) is 0 Å². The van der Waals surface area contributed by atoms with Crippen LogP contribution in [0.1, 0.15) is 55.0 Å². The standard InChI is InChI=1S/C37H29NO7/c1-21(39)45-24-15-12-23(13-16-24)34(40)33-32(28-18-17-25(43-2)20-30(28)44-3)37(35(41)26-9-5-6-10-27(26)36(37)42)31-19-14-22-8-4-7-11-29(22)38(31)33/h4-20,31-33H,1-3H3/t31-,32-,33+/m0/s1. The molecule has 224 valence electrons. The van der Waals surface area contributed by atoms with Gasteiger partial charge < -0.3 is 19.1 Å². The first-order valence-corrected chi connectivity index (χ1v) is 14.6. The van der Waals surface area contributed by atoms with Gasteiger partial charge in [-0.25, -0.2) is 0 Å². The van der Waals surface area contributed by atoms with Gasteiger partial charge in [0, 0.05) is 46.8 Å². The Kier molecular flexibility index (Phi) is 6.66. The summed E-state index contributed by atoms with van der Waals surface area (Å²) in [6, 6.07) is 24.3. The van der Waals surface area contributed by atoms with E-state index in [1.165, 1.54) is 14.0 Å². The van der Waals surface area contributed by atoms with E-state index in [1.807, 2.05) is 41.3 Å². The number of fused-ring (bicyclic) bond motifs is 5. The molecule has 0 saturated carbocycles. The van der Waals surface area contributed by atoms with E-state index in [4.69, 9.17) is 14.2 Å². The van der Waals surface area contributed by atoms with Gasteiger partial charge in [-0.3, -0.25) is 19.2 Å². The minimum Gasteiger partial charge on any atom is -0.497 e. The molecule has 4 aromatic rings. The van der Waals surface area contributed by atoms with E-state index in [1.54, 1.807) is 73.8 Å². The van der Waals surface area contributed by atoms with Gasteiger partial charge in [-0.05, 0) is 42.0 Å². The summed E-state index contributed by atoms with van der Waals surface area (Å²) in [5.74, 6) is -1.15. The number of benzene rings is 4. The molecule has 0 radical (unpaired) electrons. The number of hydrogen-bond donors (Lipinski definition) is 0. The van der Waals surface area contributed by atoms with Crippen molar-refractivity contribution in [2.24, 2.45) is 5.41 Å². The van der Waals surface area contributed by atoms with Crippen LogP contribution in [0.4, 0.5) is 5.69 Å². The van der Waals surface area contributed by atoms with E-state index in [2.05, 4.69) is 0 Å². The van der Waals surface area contributed by atoms with Crippen molar-refractivity contribution in [1.82, 2.24) is 0 Å². The van der Waals surface area contributed by atoms with Crippen LogP contribution in [-0.2, 0) is 4.79 Å². The van der Waals surface area contributed by atoms with E-state index < -0.39 is 29.4 Å². The Hall–Kier alpha value is -5.50. The van der Waals surface area contributed by atoms with Crippen molar-refractivity contribution >= 4 is 35.1 Å². The number of ketones is 3. The summed E-state index contributed by atoms with van der Waals surface area (Å²) in [5.41, 5.74) is 1.50. The van der Waals surface area contributed by atoms with Gasteiger partial charge >= 0.3 is 5.97 Å². The quantitative estimate of drug-likeness (QED) is 0.116. The molecule has 1 spiro atoms. The van der Waals surface area contributed by atoms with Crippen LogP contribution >= 0.6 is 0 Å². The maximum atomic E-state index is 14.9. The Morgan fingerprint density at radius 2 is 1.42 bits per heavy atom. The van der Waals surface area contributed by atoms with Gasteiger partial charge in [-0.2, -0.15) is 0 Å². The molecule has 8 heteroatoms. The minimum atomic E-state index is -1.67. The number of rotatable bonds is 6. The van der Waals surface area contributed by atoms with Crippen molar-refractivity contribution in [3.63, 3.8) is 0 Å². The Balaban J connectivity index is 1.52. The monoisotopic (exact) mass is 599 g/mol. The molecule has 0 aromatic heterocycles. The predicted molar refractivity (Wildman–Crippen MR) is 167 cm³/mol. The smallest absolute Gasteiger partial charge is 0.308 e. The number of nitrogens with zero attached hydrogens (tertiary/aromatic N) is 1. The first kappa shape index (κ1) is 28.3. The van der Waals surface area contributed by atoms with Crippen LogP contribution < -0.4 is 19.1 Å². The van der Waals surface area contributed by atoms with Gasteiger partial charge in [0.2, 0.25) is 0 Å². The first-order valence-electron chi connectivity index (χ1n) is 14.6. The zero-order valence-electron chi connectivity index (χ0n) is 24.9. The highest BCUT2D eigenvalue weighted by atomic mass is 16.5. The third-order valence-corrected chi connectivity index (χ3v) is 9.16. The summed E-state index contributed by atoms with van der Waals surface area (Å²) in [6.07, 6.45) is 3.80. The molecular weight excluding hydrogens is 570 g/mol. The summed E-state index contributed by atoms with van der Waals surface area (Å²) >= 11 is 0. The molecule has 0 amide bonds. The van der Waals surface area contributed by atoms with Crippen molar-refractivity contribution in [2.75, 3.05) is 19.1 Å². The molecule has 2 heterocycles. The van der Waals surface area contributed by atoms with Crippen molar-refractivity contribution in [3.8, 4) is 17.2 Å². The highest BCUT2D eigenvalue weighted by Gasteiger charge is 2.72. The highest BCUT2D eigenvalue weighted by Crippen LogP contribution is 2.62. The highest BCUT2D eigenvalue weighted by molar-refractivity contribution is 6.32. The van der Waals surface area contributed by atoms with E-state index in [0.29, 0.717) is 39.5 Å². The van der Waals surface area contributed by atoms with Gasteiger partial charge in [0.25, 0.3) is 0 Å². The number of anilines is 1. The topological polar surface area (TPSA) is 99.2 Å². The van der Waals surface area contributed by atoms with Crippen LogP contribution in [0.25, 0.3) is 6.08 Å². The second-order valence-electron chi connectivity index (χ2n) is 11.4. The van der Waals surface area contributed by atoms with Crippen LogP contribution in [-0.4, -0.2) is 49.6 Å². The summed E-state index contributed by atoms with van der Waals surface area (Å²) in [6.45, 7) is 1.30. The third kappa shape index (κ3) is 4.05. The average Bonchev–Trinajstić information content (AvgIpc) is 3.50. The van der Waals surface area contributed by atoms with Crippen molar-refractivity contribution in [3.05, 3.63) is 125 Å². The Bertz CT molecular complexity index is 1890. The van der Waals surface area contributed by atoms with Gasteiger partial charge in [-0.1, -0.05) is 60.7 Å². The molecule has 0 N–H and O–H groups in total. The molecule has 1 saturated heterocycles. The first-order chi connectivity index (χ1) is 21.8. The van der Waals surface area contributed by atoms with E-state index in [9.17, 15) is 19.2 Å². The SMILES string of the molecule is COc1ccc([C@H]2[C@H](C(=O)c3ccc(OC(C)=O)cc3)N3c4ccccc4C=C[C@H]3C23C(=O)c2ccccc2C3=O)c(OC)c1. The number of Topliss-reactive ketones (excluding diaryl/α,β-unsaturated/α-hetero) is 3. The number of carbonyl (C=O) groups excluding carboxylic acids is 4. The lowest BCUT2D eigenvalue weighted by Gasteiger charge is -2.37. The van der Waals surface area contributed by atoms with Crippen molar-refractivity contribution in [1.29, 1.82) is 0 Å². The fraction of sp³-hybridized carbons (Fsp3) is 0.189. The summed E-state index contributed by atoms with van der Waals surface area (Å²) in [4.78, 5) is 58.1. The molecule has 45 heavy (non-hydrogen) atoms. The molecule has 2 aliphatic heterocycles. The van der Waals surface area contributed by atoms with E-state index >= 15 is 0 Å². The molecule has 1 fully saturated rings. The zero-order valence-corrected chi connectivity index (χ0v) is 24.9. The lowest BCUT2D eigenvalue weighted by atomic mass is 9.64. The van der Waals surface area contributed by atoms with Gasteiger partial charge in [-0.15, -0.1) is 0 Å². The van der Waals surface area contributed by atoms with Crippen LogP contribution in [0.3, 0.4) is 0 Å². The molecule has 4 aromatic carbocycles. The van der Waals surface area contributed by atoms with Crippen molar-refractivity contribution < 1.29 is 33.4 Å². The van der Waals surface area contributed by atoms with Crippen LogP contribution in [0.15, 0.2) is 97.1 Å². The molecule has 3 aliphatic rings.